The van der Waals surface area contributed by atoms with Crippen LogP contribution in [0.25, 0.3) is 5.69 Å². The van der Waals surface area contributed by atoms with E-state index in [1.165, 1.54) is 0 Å². The molecular weight excluding hydrogens is 178 g/mol. The molecular formula is C9H11N5. The lowest BCUT2D eigenvalue weighted by molar-refractivity contribution is 0.785. The number of aromatic nitrogens is 4. The first kappa shape index (κ1) is 8.68. The second-order valence-electron chi connectivity index (χ2n) is 3.25. The molecule has 5 heteroatoms. The summed E-state index contributed by atoms with van der Waals surface area (Å²) in [6.45, 7) is 3.98. The van der Waals surface area contributed by atoms with Gasteiger partial charge in [-0.3, -0.25) is 0 Å². The van der Waals surface area contributed by atoms with Crippen molar-refractivity contribution in [2.45, 2.75) is 13.8 Å². The number of rotatable bonds is 1. The van der Waals surface area contributed by atoms with Gasteiger partial charge in [0.05, 0.1) is 5.69 Å². The number of aryl methyl sites for hydroxylation is 2. The molecule has 0 fully saturated rings. The zero-order valence-electron chi connectivity index (χ0n) is 8.10. The quantitative estimate of drug-likeness (QED) is 0.675. The van der Waals surface area contributed by atoms with Crippen molar-refractivity contribution < 1.29 is 0 Å². The highest BCUT2D eigenvalue weighted by Gasteiger charge is 2.04. The Morgan fingerprint density at radius 2 is 2.00 bits per heavy atom. The number of tetrazole rings is 1. The van der Waals surface area contributed by atoms with Crippen molar-refractivity contribution in [3.05, 3.63) is 29.6 Å². The van der Waals surface area contributed by atoms with E-state index in [0.29, 0.717) is 0 Å². The predicted octanol–water partition coefficient (Wildman–Crippen LogP) is 0.861. The maximum atomic E-state index is 5.81. The number of nitrogens with zero attached hydrogens (tertiary/aromatic N) is 4. The first-order chi connectivity index (χ1) is 6.68. The molecule has 1 aromatic heterocycles. The fourth-order valence-corrected chi connectivity index (χ4v) is 1.38. The summed E-state index contributed by atoms with van der Waals surface area (Å²) in [5, 5.41) is 11.0. The Kier molecular flexibility index (Phi) is 1.92. The van der Waals surface area contributed by atoms with Crippen molar-refractivity contribution in [1.82, 2.24) is 20.2 Å². The molecule has 0 aliphatic carbocycles. The third-order valence-electron chi connectivity index (χ3n) is 2.18. The number of hydrogen-bond donors (Lipinski definition) is 1. The van der Waals surface area contributed by atoms with Crippen molar-refractivity contribution in [3.8, 4) is 5.69 Å². The van der Waals surface area contributed by atoms with E-state index < -0.39 is 0 Å². The van der Waals surface area contributed by atoms with Gasteiger partial charge in [0.1, 0.15) is 6.33 Å². The van der Waals surface area contributed by atoms with Gasteiger partial charge in [-0.15, -0.1) is 5.10 Å². The van der Waals surface area contributed by atoms with Crippen molar-refractivity contribution in [1.29, 1.82) is 0 Å². The molecule has 0 radical (unpaired) electrons. The molecule has 0 unspecified atom stereocenters. The van der Waals surface area contributed by atoms with Gasteiger partial charge in [0.2, 0.25) is 0 Å². The molecule has 0 saturated carbocycles. The van der Waals surface area contributed by atoms with E-state index in [1.54, 1.807) is 11.0 Å². The number of anilines is 1. The van der Waals surface area contributed by atoms with Crippen molar-refractivity contribution in [3.63, 3.8) is 0 Å². The van der Waals surface area contributed by atoms with Crippen LogP contribution in [0.15, 0.2) is 18.5 Å². The summed E-state index contributed by atoms with van der Waals surface area (Å²) in [5.41, 5.74) is 9.65. The molecule has 0 bridgehead atoms. The van der Waals surface area contributed by atoms with Gasteiger partial charge < -0.3 is 5.73 Å². The lowest BCUT2D eigenvalue weighted by Crippen LogP contribution is -2.01. The van der Waals surface area contributed by atoms with Crippen LogP contribution in [0, 0.1) is 13.8 Å². The standard InChI is InChI=1S/C9H11N5/c1-6-3-7(2)9(4-8(6)10)14-5-11-12-13-14/h3-5H,10H2,1-2H3. The Hall–Kier alpha value is -1.91. The van der Waals surface area contributed by atoms with Crippen LogP contribution < -0.4 is 5.73 Å². The van der Waals surface area contributed by atoms with Crippen LogP contribution in [0.3, 0.4) is 0 Å². The molecule has 0 amide bonds. The third kappa shape index (κ3) is 1.32. The van der Waals surface area contributed by atoms with Gasteiger partial charge in [-0.05, 0) is 41.5 Å². The Labute approximate surface area is 81.5 Å². The lowest BCUT2D eigenvalue weighted by atomic mass is 10.1. The van der Waals surface area contributed by atoms with Crippen molar-refractivity contribution in [2.24, 2.45) is 0 Å². The van der Waals surface area contributed by atoms with Gasteiger partial charge in [-0.25, -0.2) is 4.68 Å². The Balaban J connectivity index is 2.60. The predicted molar refractivity (Wildman–Crippen MR) is 53.0 cm³/mol. The molecule has 5 nitrogen and oxygen atoms in total. The molecule has 0 aliphatic rings. The molecule has 2 N–H and O–H groups in total. The van der Waals surface area contributed by atoms with E-state index in [1.807, 2.05) is 26.0 Å². The second kappa shape index (κ2) is 3.10. The zero-order valence-corrected chi connectivity index (χ0v) is 8.10. The van der Waals surface area contributed by atoms with Crippen LogP contribution in [0.4, 0.5) is 5.69 Å². The summed E-state index contributed by atoms with van der Waals surface area (Å²) in [5.74, 6) is 0. The molecule has 0 atom stereocenters. The van der Waals surface area contributed by atoms with Crippen LogP contribution >= 0.6 is 0 Å². The van der Waals surface area contributed by atoms with Gasteiger partial charge in [0, 0.05) is 5.69 Å². The van der Waals surface area contributed by atoms with E-state index in [2.05, 4.69) is 15.5 Å². The first-order valence-electron chi connectivity index (χ1n) is 4.28. The summed E-state index contributed by atoms with van der Waals surface area (Å²) in [7, 11) is 0. The molecule has 2 aromatic rings. The maximum absolute atomic E-state index is 5.81. The number of nitrogen functional groups attached to an aromatic ring is 1. The number of hydrogen-bond acceptors (Lipinski definition) is 4. The number of benzene rings is 1. The van der Waals surface area contributed by atoms with E-state index >= 15 is 0 Å². The van der Waals surface area contributed by atoms with Crippen molar-refractivity contribution in [2.75, 3.05) is 5.73 Å². The fraction of sp³-hybridized carbons (Fsp3) is 0.222. The largest absolute Gasteiger partial charge is 0.398 e. The average molecular weight is 189 g/mol. The Morgan fingerprint density at radius 3 is 2.64 bits per heavy atom. The Morgan fingerprint density at radius 1 is 1.21 bits per heavy atom. The van der Waals surface area contributed by atoms with E-state index in [9.17, 15) is 0 Å². The second-order valence-corrected chi connectivity index (χ2v) is 3.25. The average Bonchev–Trinajstić information content (AvgIpc) is 2.64. The highest BCUT2D eigenvalue weighted by Crippen LogP contribution is 2.19. The van der Waals surface area contributed by atoms with E-state index in [4.69, 9.17) is 5.73 Å². The molecule has 0 saturated heterocycles. The van der Waals surface area contributed by atoms with Gasteiger partial charge in [0.25, 0.3) is 0 Å². The summed E-state index contributed by atoms with van der Waals surface area (Å²) in [4.78, 5) is 0. The molecule has 1 aromatic carbocycles. The van der Waals surface area contributed by atoms with E-state index in [-0.39, 0.29) is 0 Å². The third-order valence-corrected chi connectivity index (χ3v) is 2.18. The summed E-state index contributed by atoms with van der Waals surface area (Å²) in [6, 6.07) is 3.90. The Bertz CT molecular complexity index is 446. The van der Waals surface area contributed by atoms with Crippen LogP contribution in [0.2, 0.25) is 0 Å². The highest BCUT2D eigenvalue weighted by atomic mass is 15.5. The van der Waals surface area contributed by atoms with Crippen LogP contribution in [0.1, 0.15) is 11.1 Å². The van der Waals surface area contributed by atoms with Gasteiger partial charge in [-0.2, -0.15) is 0 Å². The molecule has 0 spiro atoms. The molecule has 72 valence electrons. The minimum atomic E-state index is 0.751. The minimum absolute atomic E-state index is 0.751. The van der Waals surface area contributed by atoms with Gasteiger partial charge in [-0.1, -0.05) is 6.07 Å². The van der Waals surface area contributed by atoms with Gasteiger partial charge >= 0.3 is 0 Å². The maximum Gasteiger partial charge on any atom is 0.143 e. The van der Waals surface area contributed by atoms with Crippen LogP contribution in [0.5, 0.6) is 0 Å². The van der Waals surface area contributed by atoms with Crippen LogP contribution in [-0.4, -0.2) is 20.2 Å². The summed E-state index contributed by atoms with van der Waals surface area (Å²) in [6.07, 6.45) is 1.55. The smallest absolute Gasteiger partial charge is 0.143 e. The SMILES string of the molecule is Cc1cc(C)c(-n2cnnn2)cc1N. The monoisotopic (exact) mass is 189 g/mol. The molecule has 2 rings (SSSR count). The fourth-order valence-electron chi connectivity index (χ4n) is 1.38. The summed E-state index contributed by atoms with van der Waals surface area (Å²) < 4.78 is 1.60. The zero-order chi connectivity index (χ0) is 10.1. The molecule has 1 heterocycles. The van der Waals surface area contributed by atoms with Crippen molar-refractivity contribution >= 4 is 5.69 Å². The lowest BCUT2D eigenvalue weighted by Gasteiger charge is -2.07. The molecule has 0 aliphatic heterocycles. The highest BCUT2D eigenvalue weighted by molar-refractivity contribution is 5.56. The van der Waals surface area contributed by atoms with Crippen LogP contribution in [-0.2, 0) is 0 Å². The molecule has 14 heavy (non-hydrogen) atoms. The normalized spacial score (nSPS) is 10.4. The van der Waals surface area contributed by atoms with E-state index in [0.717, 1.165) is 22.5 Å². The summed E-state index contributed by atoms with van der Waals surface area (Å²) >= 11 is 0. The minimum Gasteiger partial charge on any atom is -0.398 e. The van der Waals surface area contributed by atoms with Gasteiger partial charge in [0.15, 0.2) is 0 Å². The first-order valence-corrected chi connectivity index (χ1v) is 4.28. The number of nitrogens with two attached hydrogens (primary N) is 1. The topological polar surface area (TPSA) is 69.6 Å².